The second-order valence-electron chi connectivity index (χ2n) is 7.41. The van der Waals surface area contributed by atoms with Gasteiger partial charge in [-0.2, -0.15) is 12.6 Å². The number of fused-ring (bicyclic) bond motifs is 2. The predicted octanol–water partition coefficient (Wildman–Crippen LogP) is 5.92. The first kappa shape index (κ1) is 20.7. The smallest absolute Gasteiger partial charge is 0.196 e. The van der Waals surface area contributed by atoms with Crippen molar-refractivity contribution in [2.24, 2.45) is 0 Å². The van der Waals surface area contributed by atoms with Crippen LogP contribution >= 0.6 is 12.6 Å². The van der Waals surface area contributed by atoms with Crippen molar-refractivity contribution in [3.8, 4) is 0 Å². The molecule has 0 radical (unpaired) electrons. The SMILES string of the molecule is O=C1c2ccccc2C(=O)c2c(NCCCCCCCCCCS)cccc21. The van der Waals surface area contributed by atoms with E-state index in [1.165, 1.54) is 44.9 Å². The molecule has 28 heavy (non-hydrogen) atoms. The molecule has 3 nitrogen and oxygen atoms in total. The maximum absolute atomic E-state index is 13.0. The Kier molecular flexibility index (Phi) is 7.72. The van der Waals surface area contributed by atoms with E-state index in [0.29, 0.717) is 22.3 Å². The first-order chi connectivity index (χ1) is 13.7. The van der Waals surface area contributed by atoms with Crippen LogP contribution in [0.25, 0.3) is 0 Å². The maximum atomic E-state index is 13.0. The summed E-state index contributed by atoms with van der Waals surface area (Å²) in [4.78, 5) is 25.7. The van der Waals surface area contributed by atoms with Crippen LogP contribution in [0.3, 0.4) is 0 Å². The Labute approximate surface area is 173 Å². The molecule has 0 unspecified atom stereocenters. The lowest BCUT2D eigenvalue weighted by Crippen LogP contribution is -2.22. The van der Waals surface area contributed by atoms with Crippen molar-refractivity contribution in [1.29, 1.82) is 0 Å². The summed E-state index contributed by atoms with van der Waals surface area (Å²) in [6.45, 7) is 0.819. The number of nitrogens with one attached hydrogen (secondary N) is 1. The summed E-state index contributed by atoms with van der Waals surface area (Å²) in [5.74, 6) is 0.871. The van der Waals surface area contributed by atoms with Gasteiger partial charge in [-0.05, 0) is 24.7 Å². The van der Waals surface area contributed by atoms with Gasteiger partial charge < -0.3 is 5.32 Å². The summed E-state index contributed by atoms with van der Waals surface area (Å²) in [5.41, 5.74) is 2.82. The third kappa shape index (κ3) is 4.85. The fraction of sp³-hybridized carbons (Fsp3) is 0.417. The van der Waals surface area contributed by atoms with Gasteiger partial charge in [-0.15, -0.1) is 0 Å². The minimum absolute atomic E-state index is 0.0606. The number of ketones is 2. The molecular weight excluding hydrogens is 366 g/mol. The Morgan fingerprint density at radius 2 is 1.21 bits per heavy atom. The first-order valence-electron chi connectivity index (χ1n) is 10.4. The van der Waals surface area contributed by atoms with Gasteiger partial charge in [-0.1, -0.05) is 74.9 Å². The molecule has 4 heteroatoms. The third-order valence-electron chi connectivity index (χ3n) is 5.35. The van der Waals surface area contributed by atoms with E-state index in [4.69, 9.17) is 0 Å². The van der Waals surface area contributed by atoms with Crippen LogP contribution in [0.15, 0.2) is 42.5 Å². The van der Waals surface area contributed by atoms with E-state index in [-0.39, 0.29) is 11.6 Å². The average Bonchev–Trinajstić information content (AvgIpc) is 2.73. The molecule has 0 aromatic heterocycles. The Morgan fingerprint density at radius 1 is 0.643 bits per heavy atom. The molecule has 2 aromatic rings. The lowest BCUT2D eigenvalue weighted by molar-refractivity contribution is 0.0979. The van der Waals surface area contributed by atoms with Crippen LogP contribution in [-0.2, 0) is 0 Å². The Bertz CT molecular complexity index is 831. The van der Waals surface area contributed by atoms with E-state index in [2.05, 4.69) is 17.9 Å². The highest BCUT2D eigenvalue weighted by Gasteiger charge is 2.31. The van der Waals surface area contributed by atoms with Crippen LogP contribution in [0, 0.1) is 0 Å². The zero-order valence-electron chi connectivity index (χ0n) is 16.4. The normalized spacial score (nSPS) is 12.6. The molecule has 1 N–H and O–H groups in total. The minimum Gasteiger partial charge on any atom is -0.384 e. The van der Waals surface area contributed by atoms with Crippen molar-refractivity contribution in [1.82, 2.24) is 0 Å². The van der Waals surface area contributed by atoms with Crippen molar-refractivity contribution < 1.29 is 9.59 Å². The molecule has 1 aliphatic rings. The number of rotatable bonds is 11. The van der Waals surface area contributed by atoms with Crippen LogP contribution in [0.4, 0.5) is 5.69 Å². The van der Waals surface area contributed by atoms with Crippen molar-refractivity contribution >= 4 is 29.9 Å². The van der Waals surface area contributed by atoms with Crippen molar-refractivity contribution in [2.75, 3.05) is 17.6 Å². The van der Waals surface area contributed by atoms with Gasteiger partial charge in [0.25, 0.3) is 0 Å². The van der Waals surface area contributed by atoms with Crippen molar-refractivity contribution in [3.05, 3.63) is 64.7 Å². The van der Waals surface area contributed by atoms with E-state index >= 15 is 0 Å². The Morgan fingerprint density at radius 3 is 1.89 bits per heavy atom. The molecule has 0 atom stereocenters. The second-order valence-corrected chi connectivity index (χ2v) is 7.86. The maximum Gasteiger partial charge on any atom is 0.196 e. The van der Waals surface area contributed by atoms with Crippen molar-refractivity contribution in [2.45, 2.75) is 51.4 Å². The van der Waals surface area contributed by atoms with Crippen LogP contribution in [0.2, 0.25) is 0 Å². The predicted molar refractivity (Wildman–Crippen MR) is 119 cm³/mol. The van der Waals surface area contributed by atoms with Crippen LogP contribution in [0.5, 0.6) is 0 Å². The average molecular weight is 396 g/mol. The standard InChI is InChI=1S/C24H29NO2S/c26-23-18-12-7-8-13-19(18)24(27)22-20(23)14-11-15-21(22)25-16-9-5-3-1-2-4-6-10-17-28/h7-8,11-15,25,28H,1-6,9-10,16-17H2. The molecular formula is C24H29NO2S. The molecule has 0 saturated heterocycles. The number of carbonyl (C=O) groups is 2. The van der Waals surface area contributed by atoms with E-state index in [0.717, 1.165) is 24.4 Å². The third-order valence-corrected chi connectivity index (χ3v) is 5.67. The molecule has 0 amide bonds. The van der Waals surface area contributed by atoms with Gasteiger partial charge in [-0.25, -0.2) is 0 Å². The lowest BCUT2D eigenvalue weighted by atomic mass is 9.83. The molecule has 3 rings (SSSR count). The quantitative estimate of drug-likeness (QED) is 0.313. The monoisotopic (exact) mass is 395 g/mol. The summed E-state index contributed by atoms with van der Waals surface area (Å²) >= 11 is 4.24. The van der Waals surface area contributed by atoms with E-state index in [1.54, 1.807) is 24.3 Å². The second kappa shape index (κ2) is 10.5. The van der Waals surface area contributed by atoms with E-state index < -0.39 is 0 Å². The molecule has 1 aliphatic carbocycles. The number of thiol groups is 1. The molecule has 0 saturated carbocycles. The largest absolute Gasteiger partial charge is 0.384 e. The van der Waals surface area contributed by atoms with E-state index in [9.17, 15) is 9.59 Å². The highest BCUT2D eigenvalue weighted by Crippen LogP contribution is 2.31. The number of hydrogen-bond donors (Lipinski definition) is 2. The molecule has 0 spiro atoms. The van der Waals surface area contributed by atoms with Crippen molar-refractivity contribution in [3.63, 3.8) is 0 Å². The van der Waals surface area contributed by atoms with Gasteiger partial charge in [0.05, 0.1) is 5.56 Å². The van der Waals surface area contributed by atoms with Crippen LogP contribution < -0.4 is 5.32 Å². The highest BCUT2D eigenvalue weighted by atomic mass is 32.1. The molecule has 2 aromatic carbocycles. The molecule has 148 valence electrons. The minimum atomic E-state index is -0.0632. The summed E-state index contributed by atoms with van der Waals surface area (Å²) in [5, 5.41) is 3.39. The van der Waals surface area contributed by atoms with Gasteiger partial charge in [0.2, 0.25) is 0 Å². The van der Waals surface area contributed by atoms with Gasteiger partial charge >= 0.3 is 0 Å². The summed E-state index contributed by atoms with van der Waals surface area (Å²) in [7, 11) is 0. The van der Waals surface area contributed by atoms with Gasteiger partial charge in [-0.3, -0.25) is 9.59 Å². The molecule has 0 fully saturated rings. The highest BCUT2D eigenvalue weighted by molar-refractivity contribution is 7.80. The van der Waals surface area contributed by atoms with E-state index in [1.807, 2.05) is 18.2 Å². The fourth-order valence-electron chi connectivity index (χ4n) is 3.81. The Balaban J connectivity index is 1.52. The number of hydrogen-bond acceptors (Lipinski definition) is 4. The number of benzene rings is 2. The lowest BCUT2D eigenvalue weighted by Gasteiger charge is -2.20. The zero-order chi connectivity index (χ0) is 19.8. The zero-order valence-corrected chi connectivity index (χ0v) is 17.3. The summed E-state index contributed by atoms with van der Waals surface area (Å²) < 4.78 is 0. The Hall–Kier alpha value is -2.07. The summed E-state index contributed by atoms with van der Waals surface area (Å²) in [6.07, 6.45) is 9.93. The molecule has 0 heterocycles. The molecule has 0 aliphatic heterocycles. The number of unbranched alkanes of at least 4 members (excludes halogenated alkanes) is 7. The van der Waals surface area contributed by atoms with Gasteiger partial charge in [0.15, 0.2) is 11.6 Å². The van der Waals surface area contributed by atoms with Crippen LogP contribution in [0.1, 0.15) is 83.2 Å². The number of anilines is 1. The topological polar surface area (TPSA) is 46.2 Å². The number of carbonyl (C=O) groups excluding carboxylic acids is 2. The molecule has 0 bridgehead atoms. The van der Waals surface area contributed by atoms with Crippen LogP contribution in [-0.4, -0.2) is 23.9 Å². The first-order valence-corrected chi connectivity index (χ1v) is 11.0. The van der Waals surface area contributed by atoms with Gasteiger partial charge in [0.1, 0.15) is 0 Å². The van der Waals surface area contributed by atoms with Gasteiger partial charge in [0, 0.05) is 28.9 Å². The fourth-order valence-corrected chi connectivity index (χ4v) is 4.04. The summed E-state index contributed by atoms with van der Waals surface area (Å²) in [6, 6.07) is 12.6.